The molecule has 3 aromatic rings. The van der Waals surface area contributed by atoms with Crippen molar-refractivity contribution in [3.05, 3.63) is 35.4 Å². The van der Waals surface area contributed by atoms with Gasteiger partial charge < -0.3 is 14.2 Å². The van der Waals surface area contributed by atoms with E-state index in [2.05, 4.69) is 34.9 Å². The van der Waals surface area contributed by atoms with Gasteiger partial charge in [-0.15, -0.1) is 10.2 Å². The van der Waals surface area contributed by atoms with E-state index in [1.165, 1.54) is 51.5 Å². The van der Waals surface area contributed by atoms with Gasteiger partial charge in [-0.2, -0.15) is 9.97 Å². The van der Waals surface area contributed by atoms with Gasteiger partial charge in [0.2, 0.25) is 34.2 Å². The molecule has 1 aliphatic carbocycles. The quantitative estimate of drug-likeness (QED) is 0.342. The number of rotatable bonds is 11. The fourth-order valence-electron chi connectivity index (χ4n) is 4.67. The Morgan fingerprint density at radius 2 is 1.60 bits per heavy atom. The third-order valence-electron chi connectivity index (χ3n) is 6.84. The molecular formula is C23H29ClF2N8O5S. The summed E-state index contributed by atoms with van der Waals surface area (Å²) in [6.45, 7) is 1.43. The zero-order valence-corrected chi connectivity index (χ0v) is 23.7. The largest absolute Gasteiger partial charge is 0.479 e. The average Bonchev–Trinajstić information content (AvgIpc) is 3.35. The number of halogens is 3. The lowest BCUT2D eigenvalue weighted by molar-refractivity contribution is 0.0522. The maximum Gasteiger partial charge on any atom is 0.245 e. The number of aromatic nitrogens is 7. The molecule has 40 heavy (non-hydrogen) atoms. The summed E-state index contributed by atoms with van der Waals surface area (Å²) in [5.74, 6) is -0.648. The second kappa shape index (κ2) is 12.5. The fraction of sp³-hybridized carbons (Fsp3) is 0.565. The van der Waals surface area contributed by atoms with Crippen molar-refractivity contribution in [1.82, 2.24) is 34.7 Å². The number of alkyl halides is 2. The van der Waals surface area contributed by atoms with Crippen LogP contribution in [-0.2, 0) is 14.8 Å². The lowest BCUT2D eigenvalue weighted by atomic mass is 9.81. The van der Waals surface area contributed by atoms with Crippen LogP contribution >= 0.6 is 11.6 Å². The van der Waals surface area contributed by atoms with Crippen LogP contribution in [0.25, 0.3) is 5.69 Å². The van der Waals surface area contributed by atoms with Gasteiger partial charge in [0.15, 0.2) is 11.5 Å². The summed E-state index contributed by atoms with van der Waals surface area (Å²) in [6.07, 6.45) is 1.78. The summed E-state index contributed by atoms with van der Waals surface area (Å²) in [5.41, 5.74) is 0.151. The van der Waals surface area contributed by atoms with Crippen LogP contribution in [0.3, 0.4) is 0 Å². The Morgan fingerprint density at radius 3 is 2.12 bits per heavy atom. The van der Waals surface area contributed by atoms with Gasteiger partial charge in [-0.1, -0.05) is 11.6 Å². The Morgan fingerprint density at radius 1 is 1.00 bits per heavy atom. The Balaban J connectivity index is 1.76. The van der Waals surface area contributed by atoms with Crippen molar-refractivity contribution in [3.8, 4) is 17.4 Å². The molecule has 13 nitrogen and oxygen atoms in total. The van der Waals surface area contributed by atoms with E-state index >= 15 is 0 Å². The van der Waals surface area contributed by atoms with Crippen LogP contribution in [-0.4, -0.2) is 76.1 Å². The molecule has 0 spiro atoms. The topological polar surface area (TPSA) is 156 Å². The first-order valence-electron chi connectivity index (χ1n) is 12.3. The predicted molar refractivity (Wildman–Crippen MR) is 140 cm³/mol. The number of nitrogens with zero attached hydrogens (tertiary/aromatic N) is 7. The molecule has 0 bridgehead atoms. The molecule has 1 fully saturated rings. The van der Waals surface area contributed by atoms with E-state index in [-0.39, 0.29) is 53.0 Å². The number of ether oxygens (including phenoxy) is 3. The second-order valence-electron chi connectivity index (χ2n) is 9.17. The van der Waals surface area contributed by atoms with Gasteiger partial charge in [-0.05, 0) is 32.6 Å². The van der Waals surface area contributed by atoms with Gasteiger partial charge in [0.25, 0.3) is 0 Å². The number of nitrogens with one attached hydrogen (secondary N) is 1. The highest BCUT2D eigenvalue weighted by Gasteiger charge is 2.37. The minimum Gasteiger partial charge on any atom is -0.479 e. The molecule has 17 heteroatoms. The molecule has 1 N–H and O–H groups in total. The SMILES string of the molecule is COc1ncnc(OC)c1-n1c(NS(=O)(=O)C(C)C(OC)c2ncc(Cl)cn2)nnc1[C@H]1CC[C@H](C(F)F)CC1. The summed E-state index contributed by atoms with van der Waals surface area (Å²) < 4.78 is 74.0. The first kappa shape index (κ1) is 29.7. The predicted octanol–water partition coefficient (Wildman–Crippen LogP) is 3.57. The molecule has 2 unspecified atom stereocenters. The Hall–Kier alpha value is -3.24. The summed E-state index contributed by atoms with van der Waals surface area (Å²) >= 11 is 5.87. The van der Waals surface area contributed by atoms with Crippen LogP contribution in [0.1, 0.15) is 56.3 Å². The van der Waals surface area contributed by atoms with Gasteiger partial charge in [-0.25, -0.2) is 27.2 Å². The van der Waals surface area contributed by atoms with E-state index in [9.17, 15) is 17.2 Å². The first-order valence-corrected chi connectivity index (χ1v) is 14.2. The smallest absolute Gasteiger partial charge is 0.245 e. The van der Waals surface area contributed by atoms with Gasteiger partial charge in [0, 0.05) is 31.3 Å². The molecule has 1 saturated carbocycles. The molecule has 218 valence electrons. The molecule has 2 atom stereocenters. The van der Waals surface area contributed by atoms with Crippen LogP contribution in [0.15, 0.2) is 18.7 Å². The lowest BCUT2D eigenvalue weighted by Gasteiger charge is -2.28. The Kier molecular flexibility index (Phi) is 9.30. The molecular weight excluding hydrogens is 574 g/mol. The number of anilines is 1. The zero-order valence-electron chi connectivity index (χ0n) is 22.2. The summed E-state index contributed by atoms with van der Waals surface area (Å²) in [7, 11) is -0.129. The maximum atomic E-state index is 13.6. The molecule has 0 amide bonds. The van der Waals surface area contributed by atoms with Crippen molar-refractivity contribution < 1.29 is 31.4 Å². The summed E-state index contributed by atoms with van der Waals surface area (Å²) in [5, 5.41) is 7.48. The van der Waals surface area contributed by atoms with E-state index in [1.807, 2.05) is 0 Å². The van der Waals surface area contributed by atoms with Crippen LogP contribution in [0, 0.1) is 5.92 Å². The molecule has 0 aliphatic heterocycles. The van der Waals surface area contributed by atoms with E-state index < -0.39 is 33.7 Å². The highest BCUT2D eigenvalue weighted by Crippen LogP contribution is 2.41. The molecule has 4 rings (SSSR count). The Labute approximate surface area is 234 Å². The van der Waals surface area contributed by atoms with Crippen molar-refractivity contribution in [2.45, 2.75) is 56.3 Å². The molecule has 0 radical (unpaired) electrons. The Bertz CT molecular complexity index is 1380. The standard InChI is InChI=1S/C23H29ClF2N8O5S/c1-12(17(37-2)19-27-9-15(24)10-28-19)40(35,36)33-23-32-31-20(14-7-5-13(6-8-14)18(25)26)34(23)16-21(38-3)29-11-30-22(16)39-4/h9-14,17-18H,5-8H2,1-4H3,(H,32,33)/t12?,13-,14-,17?. The summed E-state index contributed by atoms with van der Waals surface area (Å²) in [6, 6.07) is 0. The van der Waals surface area contributed by atoms with Crippen LogP contribution in [0.4, 0.5) is 14.7 Å². The second-order valence-corrected chi connectivity index (χ2v) is 11.6. The van der Waals surface area contributed by atoms with E-state index in [4.69, 9.17) is 25.8 Å². The molecule has 0 saturated heterocycles. The number of methoxy groups -OCH3 is 3. The van der Waals surface area contributed by atoms with E-state index in [0.29, 0.717) is 18.7 Å². The van der Waals surface area contributed by atoms with Crippen LogP contribution in [0.5, 0.6) is 11.8 Å². The minimum absolute atomic E-state index is 0.0620. The highest BCUT2D eigenvalue weighted by molar-refractivity contribution is 7.93. The minimum atomic E-state index is -4.22. The van der Waals surface area contributed by atoms with E-state index in [1.54, 1.807) is 0 Å². The van der Waals surface area contributed by atoms with Crippen molar-refractivity contribution >= 4 is 27.6 Å². The number of hydrogen-bond acceptors (Lipinski definition) is 11. The zero-order chi connectivity index (χ0) is 29.0. The number of hydrogen-bond donors (Lipinski definition) is 1. The molecule has 3 heterocycles. The first-order chi connectivity index (χ1) is 19.1. The highest BCUT2D eigenvalue weighted by atomic mass is 35.5. The average molecular weight is 603 g/mol. The third kappa shape index (κ3) is 6.07. The van der Waals surface area contributed by atoms with E-state index in [0.717, 1.165) is 0 Å². The van der Waals surface area contributed by atoms with Crippen LogP contribution < -0.4 is 14.2 Å². The van der Waals surface area contributed by atoms with Gasteiger partial charge in [-0.3, -0.25) is 9.29 Å². The van der Waals surface area contributed by atoms with Gasteiger partial charge in [0.1, 0.15) is 23.5 Å². The third-order valence-corrected chi connectivity index (χ3v) is 8.73. The molecule has 0 aromatic carbocycles. The van der Waals surface area contributed by atoms with Gasteiger partial charge in [0.05, 0.1) is 19.2 Å². The van der Waals surface area contributed by atoms with Crippen molar-refractivity contribution in [2.24, 2.45) is 5.92 Å². The lowest BCUT2D eigenvalue weighted by Crippen LogP contribution is -2.33. The monoisotopic (exact) mass is 602 g/mol. The van der Waals surface area contributed by atoms with Crippen molar-refractivity contribution in [2.75, 3.05) is 26.1 Å². The fourth-order valence-corrected chi connectivity index (χ4v) is 5.90. The van der Waals surface area contributed by atoms with Gasteiger partial charge >= 0.3 is 0 Å². The van der Waals surface area contributed by atoms with Crippen LogP contribution in [0.2, 0.25) is 5.02 Å². The molecule has 3 aromatic heterocycles. The maximum absolute atomic E-state index is 13.6. The molecule has 1 aliphatic rings. The number of sulfonamides is 1. The van der Waals surface area contributed by atoms with Crippen molar-refractivity contribution in [1.29, 1.82) is 0 Å². The normalized spacial score (nSPS) is 19.3. The summed E-state index contributed by atoms with van der Waals surface area (Å²) in [4.78, 5) is 16.4. The van der Waals surface area contributed by atoms with Crippen molar-refractivity contribution in [3.63, 3.8) is 0 Å².